The summed E-state index contributed by atoms with van der Waals surface area (Å²) in [5.41, 5.74) is -1.17. The molecule has 1 saturated carbocycles. The molecule has 106 valence electrons. The Morgan fingerprint density at radius 3 is 2.58 bits per heavy atom. The van der Waals surface area contributed by atoms with Crippen LogP contribution >= 0.6 is 0 Å². The number of esters is 1. The first-order chi connectivity index (χ1) is 8.75. The van der Waals surface area contributed by atoms with E-state index in [0.717, 1.165) is 0 Å². The van der Waals surface area contributed by atoms with Crippen molar-refractivity contribution in [2.75, 3.05) is 7.11 Å². The third kappa shape index (κ3) is 2.06. The van der Waals surface area contributed by atoms with Crippen molar-refractivity contribution in [2.45, 2.75) is 45.6 Å². The van der Waals surface area contributed by atoms with Crippen molar-refractivity contribution in [3.05, 3.63) is 18.2 Å². The number of ether oxygens (including phenoxy) is 1. The second kappa shape index (κ2) is 4.34. The minimum atomic E-state index is -0.951. The van der Waals surface area contributed by atoms with E-state index in [-0.39, 0.29) is 11.4 Å². The van der Waals surface area contributed by atoms with Crippen LogP contribution in [0.25, 0.3) is 0 Å². The smallest absolute Gasteiger partial charge is 0.312 e. The predicted octanol–water partition coefficient (Wildman–Crippen LogP) is 1.99. The number of aromatic nitrogens is 2. The zero-order chi connectivity index (χ0) is 14.3. The first kappa shape index (κ1) is 14.1. The number of H-pyrrole nitrogens is 1. The fourth-order valence-corrected chi connectivity index (χ4v) is 3.15. The van der Waals surface area contributed by atoms with Gasteiger partial charge in [0, 0.05) is 0 Å². The van der Waals surface area contributed by atoms with E-state index in [2.05, 4.69) is 9.97 Å². The lowest BCUT2D eigenvalue weighted by Gasteiger charge is -2.51. The van der Waals surface area contributed by atoms with E-state index in [1.165, 1.54) is 7.11 Å². The van der Waals surface area contributed by atoms with Gasteiger partial charge in [0.2, 0.25) is 0 Å². The lowest BCUT2D eigenvalue weighted by Crippen LogP contribution is -2.52. The van der Waals surface area contributed by atoms with Crippen molar-refractivity contribution >= 4 is 5.97 Å². The third-order valence-corrected chi connectivity index (χ3v) is 4.90. The van der Waals surface area contributed by atoms with E-state index in [1.807, 2.05) is 20.8 Å². The zero-order valence-corrected chi connectivity index (χ0v) is 12.0. The maximum Gasteiger partial charge on any atom is 0.312 e. The molecule has 0 amide bonds. The van der Waals surface area contributed by atoms with Gasteiger partial charge in [0.1, 0.15) is 5.60 Å². The Morgan fingerprint density at radius 2 is 2.11 bits per heavy atom. The SMILES string of the molecule is COC(=O)C1(C)CCC(O)(c2cnc[nH]2)CC1(C)C. The Balaban J connectivity index is 2.32. The number of carbonyl (C=O) groups is 1. The molecule has 5 heteroatoms. The van der Waals surface area contributed by atoms with Gasteiger partial charge in [-0.15, -0.1) is 0 Å². The molecule has 1 aromatic rings. The molecule has 19 heavy (non-hydrogen) atoms. The van der Waals surface area contributed by atoms with Gasteiger partial charge in [0.15, 0.2) is 0 Å². The summed E-state index contributed by atoms with van der Waals surface area (Å²) in [5, 5.41) is 10.8. The van der Waals surface area contributed by atoms with E-state index in [1.54, 1.807) is 12.5 Å². The molecule has 0 radical (unpaired) electrons. The summed E-state index contributed by atoms with van der Waals surface area (Å²) >= 11 is 0. The fraction of sp³-hybridized carbons (Fsp3) is 0.714. The maximum atomic E-state index is 12.1. The van der Waals surface area contributed by atoms with Gasteiger partial charge in [-0.2, -0.15) is 0 Å². The van der Waals surface area contributed by atoms with E-state index >= 15 is 0 Å². The second-order valence-corrected chi connectivity index (χ2v) is 6.38. The Labute approximate surface area is 113 Å². The molecule has 2 unspecified atom stereocenters. The number of aliphatic hydroxyl groups is 1. The van der Waals surface area contributed by atoms with Crippen molar-refractivity contribution < 1.29 is 14.6 Å². The average molecular weight is 266 g/mol. The van der Waals surface area contributed by atoms with Crippen LogP contribution in [0.2, 0.25) is 0 Å². The summed E-state index contributed by atoms with van der Waals surface area (Å²) < 4.78 is 4.95. The number of nitrogens with zero attached hydrogens (tertiary/aromatic N) is 1. The van der Waals surface area contributed by atoms with Crippen LogP contribution in [-0.4, -0.2) is 28.2 Å². The number of methoxy groups -OCH3 is 1. The monoisotopic (exact) mass is 266 g/mol. The Bertz CT molecular complexity index is 469. The van der Waals surface area contributed by atoms with Crippen molar-refractivity contribution in [3.8, 4) is 0 Å². The molecule has 1 fully saturated rings. The van der Waals surface area contributed by atoms with Crippen LogP contribution in [0.5, 0.6) is 0 Å². The molecule has 0 spiro atoms. The molecule has 0 aliphatic heterocycles. The Morgan fingerprint density at radius 1 is 1.42 bits per heavy atom. The van der Waals surface area contributed by atoms with Crippen LogP contribution in [0.15, 0.2) is 12.5 Å². The topological polar surface area (TPSA) is 75.2 Å². The van der Waals surface area contributed by atoms with Crippen LogP contribution in [0, 0.1) is 10.8 Å². The number of aromatic amines is 1. The number of hydrogen-bond acceptors (Lipinski definition) is 4. The van der Waals surface area contributed by atoms with Crippen molar-refractivity contribution in [1.29, 1.82) is 0 Å². The number of carbonyl (C=O) groups excluding carboxylic acids is 1. The number of nitrogens with one attached hydrogen (secondary N) is 1. The number of rotatable bonds is 2. The molecule has 0 aromatic carbocycles. The molecular formula is C14H22N2O3. The molecule has 2 rings (SSSR count). The summed E-state index contributed by atoms with van der Waals surface area (Å²) in [7, 11) is 1.42. The highest BCUT2D eigenvalue weighted by atomic mass is 16.5. The summed E-state index contributed by atoms with van der Waals surface area (Å²) in [5.74, 6) is -0.204. The standard InChI is InChI=1S/C14H22N2O3/c1-12(2)8-14(18,10-7-15-9-16-10)6-5-13(12,3)11(17)19-4/h7,9,18H,5-6,8H2,1-4H3,(H,15,16). The van der Waals surface area contributed by atoms with Crippen LogP contribution in [0.1, 0.15) is 45.7 Å². The molecule has 0 saturated heterocycles. The molecular weight excluding hydrogens is 244 g/mol. The Hall–Kier alpha value is -1.36. The van der Waals surface area contributed by atoms with Gasteiger partial charge < -0.3 is 14.8 Å². The second-order valence-electron chi connectivity index (χ2n) is 6.38. The highest BCUT2D eigenvalue weighted by molar-refractivity contribution is 5.77. The van der Waals surface area contributed by atoms with Crippen LogP contribution in [-0.2, 0) is 15.1 Å². The minimum absolute atomic E-state index is 0.204. The van der Waals surface area contributed by atoms with Gasteiger partial charge >= 0.3 is 5.97 Å². The van der Waals surface area contributed by atoms with E-state index in [0.29, 0.717) is 25.0 Å². The first-order valence-electron chi connectivity index (χ1n) is 6.55. The van der Waals surface area contributed by atoms with Gasteiger partial charge in [-0.25, -0.2) is 4.98 Å². The number of hydrogen-bond donors (Lipinski definition) is 2. The van der Waals surface area contributed by atoms with Crippen LogP contribution < -0.4 is 0 Å². The highest BCUT2D eigenvalue weighted by Gasteiger charge is 2.56. The molecule has 0 bridgehead atoms. The summed E-state index contributed by atoms with van der Waals surface area (Å²) in [6.07, 6.45) is 4.81. The lowest BCUT2D eigenvalue weighted by molar-refractivity contribution is -0.174. The van der Waals surface area contributed by atoms with Gasteiger partial charge in [-0.3, -0.25) is 4.79 Å². The maximum absolute atomic E-state index is 12.1. The van der Waals surface area contributed by atoms with Gasteiger partial charge in [0.05, 0.1) is 30.7 Å². The summed E-state index contributed by atoms with van der Waals surface area (Å²) in [6, 6.07) is 0. The molecule has 1 aromatic heterocycles. The van der Waals surface area contributed by atoms with E-state index in [4.69, 9.17) is 4.74 Å². The molecule has 1 aliphatic carbocycles. The van der Waals surface area contributed by atoms with Gasteiger partial charge in [-0.05, 0) is 31.6 Å². The lowest BCUT2D eigenvalue weighted by atomic mass is 9.54. The summed E-state index contributed by atoms with van der Waals surface area (Å²) in [6.45, 7) is 5.93. The Kier molecular flexibility index (Phi) is 3.21. The van der Waals surface area contributed by atoms with Crippen LogP contribution in [0.4, 0.5) is 0 Å². The highest BCUT2D eigenvalue weighted by Crippen LogP contribution is 2.56. The molecule has 2 N–H and O–H groups in total. The quantitative estimate of drug-likeness (QED) is 0.803. The van der Waals surface area contributed by atoms with Gasteiger partial charge in [-0.1, -0.05) is 13.8 Å². The fourth-order valence-electron chi connectivity index (χ4n) is 3.15. The molecule has 2 atom stereocenters. The first-order valence-corrected chi connectivity index (χ1v) is 6.55. The molecule has 1 heterocycles. The van der Waals surface area contributed by atoms with Crippen molar-refractivity contribution in [2.24, 2.45) is 10.8 Å². The van der Waals surface area contributed by atoms with Crippen LogP contribution in [0.3, 0.4) is 0 Å². The number of imidazole rings is 1. The third-order valence-electron chi connectivity index (χ3n) is 4.90. The van der Waals surface area contributed by atoms with Crippen molar-refractivity contribution in [1.82, 2.24) is 9.97 Å². The summed E-state index contributed by atoms with van der Waals surface area (Å²) in [4.78, 5) is 19.0. The largest absolute Gasteiger partial charge is 0.469 e. The molecule has 1 aliphatic rings. The van der Waals surface area contributed by atoms with Gasteiger partial charge in [0.25, 0.3) is 0 Å². The predicted molar refractivity (Wildman–Crippen MR) is 70.2 cm³/mol. The normalized spacial score (nSPS) is 33.9. The van der Waals surface area contributed by atoms with E-state index < -0.39 is 11.0 Å². The molecule has 5 nitrogen and oxygen atoms in total. The van der Waals surface area contributed by atoms with E-state index in [9.17, 15) is 9.90 Å². The van der Waals surface area contributed by atoms with Crippen molar-refractivity contribution in [3.63, 3.8) is 0 Å². The average Bonchev–Trinajstić information content (AvgIpc) is 2.87. The zero-order valence-electron chi connectivity index (χ0n) is 12.0. The minimum Gasteiger partial charge on any atom is -0.469 e.